The van der Waals surface area contributed by atoms with Gasteiger partial charge in [-0.05, 0) is 50.7 Å². The van der Waals surface area contributed by atoms with Gasteiger partial charge in [-0.3, -0.25) is 9.59 Å². The number of hydrogen-bond donors (Lipinski definition) is 2. The number of nitrogens with zero attached hydrogens (tertiary/aromatic N) is 4. The van der Waals surface area contributed by atoms with Gasteiger partial charge in [0.05, 0.1) is 5.92 Å². The number of piperazine rings is 1. The SMILES string of the molecule is O=C1NCCCCCCN(C(=O)NC2CCCCC2)[C@H]2C[C@H](C(=O)N3CCN(c4ccccn4)CC3)C[C@@H]12. The lowest BCUT2D eigenvalue weighted by Gasteiger charge is -2.37. The Kier molecular flexibility index (Phi) is 9.02. The van der Waals surface area contributed by atoms with Crippen molar-refractivity contribution < 1.29 is 14.4 Å². The molecule has 4 fully saturated rings. The number of amides is 4. The number of carbonyl (C=O) groups excluding carboxylic acids is 3. The van der Waals surface area contributed by atoms with Crippen molar-refractivity contribution in [2.45, 2.75) is 82.7 Å². The fourth-order valence-corrected chi connectivity index (χ4v) is 6.82. The molecule has 0 radical (unpaired) electrons. The first kappa shape index (κ1) is 26.8. The van der Waals surface area contributed by atoms with Gasteiger partial charge in [0, 0.05) is 63.5 Å². The lowest BCUT2D eigenvalue weighted by molar-refractivity contribution is -0.135. The van der Waals surface area contributed by atoms with Crippen LogP contribution in [0.15, 0.2) is 24.4 Å². The number of anilines is 1. The minimum atomic E-state index is -0.339. The van der Waals surface area contributed by atoms with E-state index in [4.69, 9.17) is 0 Å². The fraction of sp³-hybridized carbons (Fsp3) is 0.724. The summed E-state index contributed by atoms with van der Waals surface area (Å²) >= 11 is 0. The van der Waals surface area contributed by atoms with E-state index in [0.29, 0.717) is 39.0 Å². The van der Waals surface area contributed by atoms with Crippen LogP contribution in [-0.2, 0) is 9.59 Å². The van der Waals surface area contributed by atoms with Crippen molar-refractivity contribution in [3.63, 3.8) is 0 Å². The van der Waals surface area contributed by atoms with E-state index in [2.05, 4.69) is 20.5 Å². The Morgan fingerprint density at radius 1 is 0.895 bits per heavy atom. The summed E-state index contributed by atoms with van der Waals surface area (Å²) in [6.07, 6.45) is 12.5. The van der Waals surface area contributed by atoms with E-state index >= 15 is 0 Å². The quantitative estimate of drug-likeness (QED) is 0.633. The Hall–Kier alpha value is -2.84. The molecule has 2 N–H and O–H groups in total. The van der Waals surface area contributed by atoms with E-state index in [-0.39, 0.29) is 41.8 Å². The molecule has 9 nitrogen and oxygen atoms in total. The zero-order valence-electron chi connectivity index (χ0n) is 22.7. The first-order chi connectivity index (χ1) is 18.6. The van der Waals surface area contributed by atoms with E-state index < -0.39 is 0 Å². The van der Waals surface area contributed by atoms with Gasteiger partial charge >= 0.3 is 6.03 Å². The Bertz CT molecular complexity index is 945. The van der Waals surface area contributed by atoms with Crippen LogP contribution in [0.1, 0.15) is 70.6 Å². The lowest BCUT2D eigenvalue weighted by Crippen LogP contribution is -2.53. The molecule has 2 aliphatic carbocycles. The van der Waals surface area contributed by atoms with Crippen molar-refractivity contribution in [1.29, 1.82) is 0 Å². The molecule has 1 aromatic heterocycles. The number of carbonyl (C=O) groups is 3. The molecule has 0 aromatic carbocycles. The molecule has 9 heteroatoms. The van der Waals surface area contributed by atoms with Crippen LogP contribution in [0.2, 0.25) is 0 Å². The number of hydrogen-bond acceptors (Lipinski definition) is 5. The maximum atomic E-state index is 13.7. The molecule has 2 aliphatic heterocycles. The molecule has 4 amide bonds. The Morgan fingerprint density at radius 3 is 2.42 bits per heavy atom. The highest BCUT2D eigenvalue weighted by atomic mass is 16.2. The van der Waals surface area contributed by atoms with Gasteiger partial charge < -0.3 is 25.3 Å². The largest absolute Gasteiger partial charge is 0.356 e. The summed E-state index contributed by atoms with van der Waals surface area (Å²) in [7, 11) is 0. The predicted octanol–water partition coefficient (Wildman–Crippen LogP) is 3.16. The number of aromatic nitrogens is 1. The van der Waals surface area contributed by atoms with Gasteiger partial charge in [-0.1, -0.05) is 38.2 Å². The summed E-state index contributed by atoms with van der Waals surface area (Å²) in [5, 5.41) is 6.41. The van der Waals surface area contributed by atoms with Gasteiger partial charge in [-0.15, -0.1) is 0 Å². The molecular weight excluding hydrogens is 480 g/mol. The van der Waals surface area contributed by atoms with Crippen molar-refractivity contribution in [3.8, 4) is 0 Å². The van der Waals surface area contributed by atoms with Crippen molar-refractivity contribution >= 4 is 23.7 Å². The third-order valence-corrected chi connectivity index (χ3v) is 9.00. The van der Waals surface area contributed by atoms with Crippen molar-refractivity contribution in [1.82, 2.24) is 25.4 Å². The van der Waals surface area contributed by atoms with Gasteiger partial charge in [0.2, 0.25) is 11.8 Å². The molecule has 0 spiro atoms. The van der Waals surface area contributed by atoms with Gasteiger partial charge in [0.25, 0.3) is 0 Å². The normalized spacial score (nSPS) is 27.7. The number of nitrogens with one attached hydrogen (secondary N) is 2. The zero-order chi connectivity index (χ0) is 26.3. The number of urea groups is 1. The van der Waals surface area contributed by atoms with Crippen molar-refractivity contribution in [3.05, 3.63) is 24.4 Å². The van der Waals surface area contributed by atoms with Gasteiger partial charge in [0.1, 0.15) is 5.82 Å². The summed E-state index contributed by atoms with van der Waals surface area (Å²) < 4.78 is 0. The second-order valence-corrected chi connectivity index (χ2v) is 11.5. The third kappa shape index (κ3) is 6.41. The summed E-state index contributed by atoms with van der Waals surface area (Å²) in [4.78, 5) is 51.1. The van der Waals surface area contributed by atoms with Crippen LogP contribution >= 0.6 is 0 Å². The molecule has 2 saturated carbocycles. The van der Waals surface area contributed by atoms with E-state index in [9.17, 15) is 14.4 Å². The smallest absolute Gasteiger partial charge is 0.317 e. The van der Waals surface area contributed by atoms with Crippen LogP contribution in [-0.4, -0.2) is 84.0 Å². The molecule has 0 unspecified atom stereocenters. The molecule has 4 aliphatic rings. The van der Waals surface area contributed by atoms with Crippen LogP contribution in [0.25, 0.3) is 0 Å². The number of fused-ring (bicyclic) bond motifs is 1. The third-order valence-electron chi connectivity index (χ3n) is 9.00. The van der Waals surface area contributed by atoms with Crippen LogP contribution in [0.5, 0.6) is 0 Å². The second-order valence-electron chi connectivity index (χ2n) is 11.5. The van der Waals surface area contributed by atoms with E-state index in [1.807, 2.05) is 28.0 Å². The number of rotatable bonds is 3. The standard InChI is InChI=1S/C29H44N6O3/c36-27-24-20-22(28(37)34-18-16-33(17-19-34)26-12-6-8-13-30-26)21-25(24)35(15-9-2-1-7-14-31-27)29(38)32-23-10-4-3-5-11-23/h6,8,12-13,22-25H,1-5,7,9-11,14-21H2,(H,31,36)(H,32,38)/t22-,24-,25+/m1/s1. The van der Waals surface area contributed by atoms with Gasteiger partial charge in [0.15, 0.2) is 0 Å². The maximum Gasteiger partial charge on any atom is 0.317 e. The zero-order valence-corrected chi connectivity index (χ0v) is 22.7. The van der Waals surface area contributed by atoms with E-state index in [0.717, 1.165) is 70.3 Å². The van der Waals surface area contributed by atoms with Gasteiger partial charge in [-0.2, -0.15) is 0 Å². The molecule has 3 atom stereocenters. The van der Waals surface area contributed by atoms with Crippen LogP contribution in [0.4, 0.5) is 10.6 Å². The van der Waals surface area contributed by atoms with Crippen LogP contribution in [0.3, 0.4) is 0 Å². The molecular formula is C29H44N6O3. The topological polar surface area (TPSA) is 97.9 Å². The van der Waals surface area contributed by atoms with Crippen LogP contribution in [0, 0.1) is 11.8 Å². The molecule has 3 heterocycles. The second kappa shape index (κ2) is 12.8. The van der Waals surface area contributed by atoms with Crippen LogP contribution < -0.4 is 15.5 Å². The maximum absolute atomic E-state index is 13.7. The minimum absolute atomic E-state index is 0.00244. The highest BCUT2D eigenvalue weighted by Crippen LogP contribution is 2.37. The highest BCUT2D eigenvalue weighted by molar-refractivity contribution is 5.85. The summed E-state index contributed by atoms with van der Waals surface area (Å²) in [5.74, 6) is 0.505. The minimum Gasteiger partial charge on any atom is -0.356 e. The molecule has 208 valence electrons. The summed E-state index contributed by atoms with van der Waals surface area (Å²) in [5.41, 5.74) is 0. The molecule has 1 aromatic rings. The predicted molar refractivity (Wildman–Crippen MR) is 147 cm³/mol. The molecule has 2 saturated heterocycles. The van der Waals surface area contributed by atoms with E-state index in [1.54, 1.807) is 6.20 Å². The van der Waals surface area contributed by atoms with E-state index in [1.165, 1.54) is 6.42 Å². The fourth-order valence-electron chi connectivity index (χ4n) is 6.82. The van der Waals surface area contributed by atoms with Gasteiger partial charge in [-0.25, -0.2) is 9.78 Å². The molecule has 5 rings (SSSR count). The average Bonchev–Trinajstić information content (AvgIpc) is 3.39. The highest BCUT2D eigenvalue weighted by Gasteiger charge is 2.47. The molecule has 38 heavy (non-hydrogen) atoms. The summed E-state index contributed by atoms with van der Waals surface area (Å²) in [6, 6.07) is 5.84. The molecule has 0 bridgehead atoms. The van der Waals surface area contributed by atoms with Crippen molar-refractivity contribution in [2.24, 2.45) is 11.8 Å². The Morgan fingerprint density at radius 2 is 1.66 bits per heavy atom. The van der Waals surface area contributed by atoms with Crippen molar-refractivity contribution in [2.75, 3.05) is 44.2 Å². The monoisotopic (exact) mass is 524 g/mol. The Balaban J connectivity index is 1.27. The first-order valence-electron chi connectivity index (χ1n) is 14.9. The number of pyridine rings is 1. The lowest BCUT2D eigenvalue weighted by atomic mass is 9.95. The Labute approximate surface area is 226 Å². The average molecular weight is 525 g/mol. The summed E-state index contributed by atoms with van der Waals surface area (Å²) in [6.45, 7) is 4.12. The first-order valence-corrected chi connectivity index (χ1v) is 14.9.